The van der Waals surface area contributed by atoms with Crippen LogP contribution in [-0.4, -0.2) is 29.2 Å². The number of ether oxygens (including phenoxy) is 2. The van der Waals surface area contributed by atoms with Crippen LogP contribution in [0.4, 0.5) is 5.69 Å². The molecule has 0 aliphatic carbocycles. The summed E-state index contributed by atoms with van der Waals surface area (Å²) < 4.78 is 12.1. The molecular weight excluding hydrogens is 332 g/mol. The Kier molecular flexibility index (Phi) is 4.43. The molecule has 0 saturated carbocycles. The maximum Gasteiger partial charge on any atom is 0.282 e. The van der Waals surface area contributed by atoms with E-state index >= 15 is 0 Å². The molecule has 1 aromatic carbocycles. The van der Waals surface area contributed by atoms with Gasteiger partial charge in [-0.15, -0.1) is 17.9 Å². The fraction of sp³-hybridized carbons (Fsp3) is 0.200. The fourth-order valence-corrected chi connectivity index (χ4v) is 2.92. The lowest BCUT2D eigenvalue weighted by Gasteiger charge is -2.01. The average molecular weight is 346 g/mol. The van der Waals surface area contributed by atoms with Crippen LogP contribution in [0.25, 0.3) is 0 Å². The molecule has 0 amide bonds. The van der Waals surface area contributed by atoms with E-state index in [2.05, 4.69) is 16.7 Å². The first-order chi connectivity index (χ1) is 11.6. The van der Waals surface area contributed by atoms with Crippen LogP contribution < -0.4 is 14.3 Å². The lowest BCUT2D eigenvalue weighted by Crippen LogP contribution is -2.12. The van der Waals surface area contributed by atoms with Crippen LogP contribution >= 0.6 is 11.3 Å². The predicted molar refractivity (Wildman–Crippen MR) is 89.9 cm³/mol. The average Bonchev–Trinajstić information content (AvgIpc) is 3.16. The molecule has 0 spiro atoms. The molecule has 3 rings (SSSR count). The quantitative estimate of drug-likeness (QED) is 0.360. The van der Waals surface area contributed by atoms with E-state index in [1.165, 1.54) is 23.6 Å². The smallest absolute Gasteiger partial charge is 0.282 e. The predicted octanol–water partition coefficient (Wildman–Crippen LogP) is 2.46. The summed E-state index contributed by atoms with van der Waals surface area (Å²) in [6.07, 6.45) is 3.11. The van der Waals surface area contributed by atoms with Crippen LogP contribution in [0.2, 0.25) is 0 Å². The zero-order chi connectivity index (χ0) is 17.1. The number of nitro groups is 1. The molecule has 1 aliphatic rings. The molecular formula is C15H14N4O4S. The summed E-state index contributed by atoms with van der Waals surface area (Å²) in [7, 11) is 0. The van der Waals surface area contributed by atoms with Crippen molar-refractivity contribution in [1.82, 2.24) is 4.68 Å². The third kappa shape index (κ3) is 3.06. The summed E-state index contributed by atoms with van der Waals surface area (Å²) in [5.41, 5.74) is 1.11. The minimum absolute atomic E-state index is 0.0516. The van der Waals surface area contributed by atoms with Crippen LogP contribution in [0, 0.1) is 17.0 Å². The van der Waals surface area contributed by atoms with Crippen LogP contribution in [0.15, 0.2) is 40.3 Å². The van der Waals surface area contributed by atoms with Gasteiger partial charge in [-0.25, -0.2) is 4.68 Å². The Hall–Kier alpha value is -2.94. The number of hydrogen-bond acceptors (Lipinski definition) is 7. The van der Waals surface area contributed by atoms with Crippen molar-refractivity contribution in [2.45, 2.75) is 6.92 Å². The van der Waals surface area contributed by atoms with Gasteiger partial charge in [0, 0.05) is 5.38 Å². The molecule has 0 N–H and O–H groups in total. The number of aromatic nitrogens is 1. The van der Waals surface area contributed by atoms with Crippen molar-refractivity contribution in [1.29, 1.82) is 0 Å². The minimum Gasteiger partial charge on any atom is -0.454 e. The van der Waals surface area contributed by atoms with E-state index in [1.807, 2.05) is 12.3 Å². The Labute approximate surface area is 141 Å². The number of hydrogen-bond donors (Lipinski definition) is 0. The summed E-state index contributed by atoms with van der Waals surface area (Å²) in [5, 5.41) is 17.5. The molecule has 1 aliphatic heterocycles. The van der Waals surface area contributed by atoms with Crippen molar-refractivity contribution < 1.29 is 14.4 Å². The maximum atomic E-state index is 11.3. The van der Waals surface area contributed by atoms with Crippen molar-refractivity contribution in [2.75, 3.05) is 13.3 Å². The Morgan fingerprint density at radius 2 is 2.21 bits per heavy atom. The van der Waals surface area contributed by atoms with Gasteiger partial charge < -0.3 is 9.47 Å². The molecule has 0 bridgehead atoms. The largest absolute Gasteiger partial charge is 0.454 e. The lowest BCUT2D eigenvalue weighted by molar-refractivity contribution is -0.385. The lowest BCUT2D eigenvalue weighted by atomic mass is 10.1. The molecule has 124 valence electrons. The third-order valence-electron chi connectivity index (χ3n) is 3.24. The second kappa shape index (κ2) is 6.67. The zero-order valence-electron chi connectivity index (χ0n) is 12.8. The van der Waals surface area contributed by atoms with Gasteiger partial charge in [0.25, 0.3) is 5.69 Å². The normalized spacial score (nSPS) is 13.6. The van der Waals surface area contributed by atoms with E-state index in [1.54, 1.807) is 16.8 Å². The van der Waals surface area contributed by atoms with E-state index in [0.29, 0.717) is 28.4 Å². The Morgan fingerprint density at radius 1 is 1.46 bits per heavy atom. The van der Waals surface area contributed by atoms with Gasteiger partial charge in [0.1, 0.15) is 0 Å². The van der Waals surface area contributed by atoms with Crippen LogP contribution in [0.1, 0.15) is 11.3 Å². The number of rotatable bonds is 5. The highest BCUT2D eigenvalue weighted by atomic mass is 32.1. The first-order valence-corrected chi connectivity index (χ1v) is 7.89. The third-order valence-corrected chi connectivity index (χ3v) is 4.21. The number of fused-ring (bicyclic) bond motifs is 1. The topological polar surface area (TPSA) is 91.2 Å². The first kappa shape index (κ1) is 15.9. The molecule has 8 nitrogen and oxygen atoms in total. The fourth-order valence-electron chi connectivity index (χ4n) is 2.10. The molecule has 1 aromatic heterocycles. The molecule has 0 atom stereocenters. The number of nitro benzene ring substituents is 1. The van der Waals surface area contributed by atoms with Crippen molar-refractivity contribution >= 4 is 23.2 Å². The molecule has 2 aromatic rings. The molecule has 0 fully saturated rings. The second-order valence-electron chi connectivity index (χ2n) is 4.87. The standard InChI is InChI=1S/C15H14N4O4S/c1-3-4-16-15-18(10(2)8-24-15)17-7-11-5-13-14(23-9-22-13)6-12(11)19(20)21/h3,5-8H,1,4,9H2,2H3. The van der Waals surface area contributed by atoms with E-state index in [4.69, 9.17) is 9.47 Å². The Balaban J connectivity index is 2.03. The highest BCUT2D eigenvalue weighted by Gasteiger charge is 2.22. The van der Waals surface area contributed by atoms with Crippen molar-refractivity contribution in [3.05, 3.63) is 56.3 Å². The molecule has 9 heteroatoms. The van der Waals surface area contributed by atoms with Gasteiger partial charge >= 0.3 is 0 Å². The Morgan fingerprint density at radius 3 is 2.92 bits per heavy atom. The van der Waals surface area contributed by atoms with Gasteiger partial charge in [-0.1, -0.05) is 6.08 Å². The number of aryl methyl sites for hydroxylation is 1. The number of nitrogens with zero attached hydrogens (tertiary/aromatic N) is 4. The van der Waals surface area contributed by atoms with E-state index in [9.17, 15) is 10.1 Å². The molecule has 24 heavy (non-hydrogen) atoms. The van der Waals surface area contributed by atoms with E-state index < -0.39 is 4.92 Å². The van der Waals surface area contributed by atoms with Crippen molar-refractivity contribution in [2.24, 2.45) is 10.1 Å². The van der Waals surface area contributed by atoms with Crippen LogP contribution in [0.5, 0.6) is 11.5 Å². The van der Waals surface area contributed by atoms with Crippen LogP contribution in [-0.2, 0) is 0 Å². The van der Waals surface area contributed by atoms with Crippen molar-refractivity contribution in [3.63, 3.8) is 0 Å². The summed E-state index contributed by atoms with van der Waals surface area (Å²) in [6, 6.07) is 2.89. The molecule has 0 radical (unpaired) electrons. The van der Waals surface area contributed by atoms with Gasteiger partial charge in [-0.05, 0) is 13.0 Å². The summed E-state index contributed by atoms with van der Waals surface area (Å²) >= 11 is 1.44. The highest BCUT2D eigenvalue weighted by Crippen LogP contribution is 2.37. The first-order valence-electron chi connectivity index (χ1n) is 7.01. The second-order valence-corrected chi connectivity index (χ2v) is 5.70. The Bertz CT molecular complexity index is 897. The highest BCUT2D eigenvalue weighted by molar-refractivity contribution is 7.07. The minimum atomic E-state index is -0.475. The van der Waals surface area contributed by atoms with E-state index in [-0.39, 0.29) is 12.5 Å². The van der Waals surface area contributed by atoms with Gasteiger partial charge in [0.2, 0.25) is 11.6 Å². The molecule has 2 heterocycles. The number of thiazole rings is 1. The van der Waals surface area contributed by atoms with Crippen molar-refractivity contribution in [3.8, 4) is 11.5 Å². The van der Waals surface area contributed by atoms with Gasteiger partial charge in [0.05, 0.1) is 35.0 Å². The summed E-state index contributed by atoms with van der Waals surface area (Å²) in [4.78, 5) is 15.8. The number of benzene rings is 1. The van der Waals surface area contributed by atoms with Gasteiger partial charge in [-0.3, -0.25) is 15.1 Å². The van der Waals surface area contributed by atoms with Gasteiger partial charge in [-0.2, -0.15) is 5.10 Å². The maximum absolute atomic E-state index is 11.3. The monoisotopic (exact) mass is 346 g/mol. The zero-order valence-corrected chi connectivity index (χ0v) is 13.7. The van der Waals surface area contributed by atoms with Gasteiger partial charge in [0.15, 0.2) is 11.5 Å². The SMILES string of the molecule is C=CCN=c1scc(C)n1N=Cc1cc2c(cc1[N+](=O)[O-])OCO2. The van der Waals surface area contributed by atoms with Crippen LogP contribution in [0.3, 0.4) is 0 Å². The summed E-state index contributed by atoms with van der Waals surface area (Å²) in [6.45, 7) is 6.04. The molecule has 0 unspecified atom stereocenters. The van der Waals surface area contributed by atoms with E-state index in [0.717, 1.165) is 5.69 Å². The summed E-state index contributed by atoms with van der Waals surface area (Å²) in [5.74, 6) is 0.825. The molecule has 0 saturated heterocycles.